The molecule has 1 saturated carbocycles. The maximum absolute atomic E-state index is 5.96. The van der Waals surface area contributed by atoms with Crippen LogP contribution < -0.4 is 5.32 Å². The molecule has 0 spiro atoms. The monoisotopic (exact) mass is 308 g/mol. The number of methoxy groups -OCH3 is 1. The highest BCUT2D eigenvalue weighted by Crippen LogP contribution is 2.48. The van der Waals surface area contributed by atoms with Gasteiger partial charge in [0.15, 0.2) is 0 Å². The van der Waals surface area contributed by atoms with Crippen molar-refractivity contribution in [3.63, 3.8) is 0 Å². The van der Waals surface area contributed by atoms with Gasteiger partial charge in [-0.25, -0.2) is 4.98 Å². The molecule has 0 bridgehead atoms. The van der Waals surface area contributed by atoms with Crippen LogP contribution in [0.3, 0.4) is 0 Å². The van der Waals surface area contributed by atoms with Crippen LogP contribution in [0, 0.1) is 5.41 Å². The van der Waals surface area contributed by atoms with Gasteiger partial charge in [-0.15, -0.1) is 0 Å². The predicted octanol–water partition coefficient (Wildman–Crippen LogP) is 1.94. The first-order valence-corrected chi connectivity index (χ1v) is 7.21. The topological polar surface area (TPSA) is 77.8 Å². The number of ether oxygens (including phenoxy) is 1. The van der Waals surface area contributed by atoms with Crippen LogP contribution in [0.4, 0.5) is 5.95 Å². The van der Waals surface area contributed by atoms with Crippen LogP contribution in [-0.4, -0.2) is 44.8 Å². The first kappa shape index (κ1) is 14.2. The van der Waals surface area contributed by atoms with E-state index in [0.717, 1.165) is 19.6 Å². The lowest BCUT2D eigenvalue weighted by Crippen LogP contribution is -2.19. The van der Waals surface area contributed by atoms with Gasteiger partial charge in [0.2, 0.25) is 17.2 Å². The lowest BCUT2D eigenvalue weighted by atomic mass is 10.0. The fourth-order valence-electron chi connectivity index (χ4n) is 2.19. The molecule has 0 unspecified atom stereocenters. The van der Waals surface area contributed by atoms with Crippen LogP contribution in [0.25, 0.3) is 5.95 Å². The SMILES string of the molecule is COCCC1(CNc2nc(Cl)nc(-n3ccnc3)n2)CC1. The van der Waals surface area contributed by atoms with Crippen LogP contribution in [0.15, 0.2) is 18.7 Å². The third-order valence-electron chi connectivity index (χ3n) is 3.75. The largest absolute Gasteiger partial charge is 0.385 e. The van der Waals surface area contributed by atoms with E-state index in [-0.39, 0.29) is 5.28 Å². The summed E-state index contributed by atoms with van der Waals surface area (Å²) in [5, 5.41) is 3.43. The molecule has 8 heteroatoms. The van der Waals surface area contributed by atoms with E-state index in [4.69, 9.17) is 16.3 Å². The van der Waals surface area contributed by atoms with E-state index in [2.05, 4.69) is 25.3 Å². The van der Waals surface area contributed by atoms with Gasteiger partial charge in [-0.2, -0.15) is 15.0 Å². The van der Waals surface area contributed by atoms with E-state index in [0.29, 0.717) is 17.3 Å². The highest BCUT2D eigenvalue weighted by molar-refractivity contribution is 6.28. The van der Waals surface area contributed by atoms with Gasteiger partial charge in [0, 0.05) is 32.7 Å². The molecule has 112 valence electrons. The second kappa shape index (κ2) is 5.95. The first-order valence-electron chi connectivity index (χ1n) is 6.84. The Hall–Kier alpha value is -1.73. The van der Waals surface area contributed by atoms with Crippen molar-refractivity contribution in [1.29, 1.82) is 0 Å². The maximum atomic E-state index is 5.96. The number of nitrogens with one attached hydrogen (secondary N) is 1. The quantitative estimate of drug-likeness (QED) is 0.842. The summed E-state index contributed by atoms with van der Waals surface area (Å²) in [5.74, 6) is 0.944. The molecular weight excluding hydrogens is 292 g/mol. The summed E-state index contributed by atoms with van der Waals surface area (Å²) in [6, 6.07) is 0. The van der Waals surface area contributed by atoms with E-state index in [9.17, 15) is 0 Å². The zero-order chi connectivity index (χ0) is 14.7. The van der Waals surface area contributed by atoms with Crippen molar-refractivity contribution < 1.29 is 4.74 Å². The summed E-state index contributed by atoms with van der Waals surface area (Å²) in [5.41, 5.74) is 0.310. The summed E-state index contributed by atoms with van der Waals surface area (Å²) in [4.78, 5) is 16.5. The summed E-state index contributed by atoms with van der Waals surface area (Å²) < 4.78 is 6.85. The lowest BCUT2D eigenvalue weighted by Gasteiger charge is -2.15. The molecule has 1 aliphatic carbocycles. The standard InChI is InChI=1S/C13H17ClN6O/c1-21-7-4-13(2-3-13)8-16-11-17-10(14)18-12(19-11)20-6-5-15-9-20/h5-6,9H,2-4,7-8H2,1H3,(H,16,17,18,19). The number of hydrogen-bond donors (Lipinski definition) is 1. The average molecular weight is 309 g/mol. The zero-order valence-corrected chi connectivity index (χ0v) is 12.5. The number of hydrogen-bond acceptors (Lipinski definition) is 6. The molecule has 0 amide bonds. The van der Waals surface area contributed by atoms with Crippen molar-refractivity contribution in [2.75, 3.05) is 25.6 Å². The molecule has 2 aromatic heterocycles. The molecule has 1 N–H and O–H groups in total. The number of halogens is 1. The molecule has 0 atom stereocenters. The molecule has 1 aliphatic rings. The number of aromatic nitrogens is 5. The third-order valence-corrected chi connectivity index (χ3v) is 3.92. The van der Waals surface area contributed by atoms with Crippen LogP contribution >= 0.6 is 11.6 Å². The Morgan fingerprint density at radius 2 is 2.24 bits per heavy atom. The van der Waals surface area contributed by atoms with Gasteiger partial charge in [0.05, 0.1) is 0 Å². The fraction of sp³-hybridized carbons (Fsp3) is 0.538. The molecule has 0 aliphatic heterocycles. The van der Waals surface area contributed by atoms with Gasteiger partial charge < -0.3 is 10.1 Å². The van der Waals surface area contributed by atoms with Crippen LogP contribution in [0.1, 0.15) is 19.3 Å². The van der Waals surface area contributed by atoms with E-state index < -0.39 is 0 Å². The molecule has 21 heavy (non-hydrogen) atoms. The van der Waals surface area contributed by atoms with Gasteiger partial charge in [0.25, 0.3) is 0 Å². The van der Waals surface area contributed by atoms with Crippen molar-refractivity contribution in [1.82, 2.24) is 24.5 Å². The molecule has 0 radical (unpaired) electrons. The molecule has 1 fully saturated rings. The van der Waals surface area contributed by atoms with Crippen molar-refractivity contribution in [3.05, 3.63) is 24.0 Å². The summed E-state index contributed by atoms with van der Waals surface area (Å²) in [6.45, 7) is 1.60. The summed E-state index contributed by atoms with van der Waals surface area (Å²) >= 11 is 5.96. The predicted molar refractivity (Wildman–Crippen MR) is 78.6 cm³/mol. The Kier molecular flexibility index (Phi) is 4.03. The van der Waals surface area contributed by atoms with E-state index >= 15 is 0 Å². The van der Waals surface area contributed by atoms with Crippen molar-refractivity contribution in [3.8, 4) is 5.95 Å². The molecular formula is C13H17ClN6O. The van der Waals surface area contributed by atoms with Crippen molar-refractivity contribution in [2.45, 2.75) is 19.3 Å². The minimum Gasteiger partial charge on any atom is -0.385 e. The second-order valence-corrected chi connectivity index (χ2v) is 5.63. The number of nitrogens with zero attached hydrogens (tertiary/aromatic N) is 5. The van der Waals surface area contributed by atoms with Gasteiger partial charge >= 0.3 is 0 Å². The fourth-order valence-corrected chi connectivity index (χ4v) is 2.34. The molecule has 3 rings (SSSR count). The summed E-state index contributed by atoms with van der Waals surface area (Å²) in [7, 11) is 1.73. The van der Waals surface area contributed by atoms with Gasteiger partial charge in [-0.05, 0) is 36.3 Å². The minimum absolute atomic E-state index is 0.165. The molecule has 7 nitrogen and oxygen atoms in total. The van der Waals surface area contributed by atoms with Crippen LogP contribution in [0.2, 0.25) is 5.28 Å². The van der Waals surface area contributed by atoms with Gasteiger partial charge in [-0.1, -0.05) is 0 Å². The zero-order valence-electron chi connectivity index (χ0n) is 11.8. The Morgan fingerprint density at radius 1 is 1.38 bits per heavy atom. The highest BCUT2D eigenvalue weighted by atomic mass is 35.5. The second-order valence-electron chi connectivity index (χ2n) is 5.29. The first-order chi connectivity index (χ1) is 10.2. The number of anilines is 1. The Balaban J connectivity index is 1.68. The Labute approximate surface area is 127 Å². The van der Waals surface area contributed by atoms with Gasteiger partial charge in [-0.3, -0.25) is 4.57 Å². The highest BCUT2D eigenvalue weighted by Gasteiger charge is 2.41. The molecule has 0 saturated heterocycles. The number of imidazole rings is 1. The van der Waals surface area contributed by atoms with E-state index in [1.807, 2.05) is 0 Å². The molecule has 2 heterocycles. The van der Waals surface area contributed by atoms with Crippen molar-refractivity contribution in [2.24, 2.45) is 5.41 Å². The average Bonchev–Trinajstić information content (AvgIpc) is 3.03. The van der Waals surface area contributed by atoms with Crippen LogP contribution in [-0.2, 0) is 4.74 Å². The Morgan fingerprint density at radius 3 is 2.90 bits per heavy atom. The third kappa shape index (κ3) is 3.48. The van der Waals surface area contributed by atoms with E-state index in [1.165, 1.54) is 12.8 Å². The van der Waals surface area contributed by atoms with Crippen molar-refractivity contribution >= 4 is 17.5 Å². The van der Waals surface area contributed by atoms with E-state index in [1.54, 1.807) is 30.4 Å². The van der Waals surface area contributed by atoms with Gasteiger partial charge in [0.1, 0.15) is 6.33 Å². The maximum Gasteiger partial charge on any atom is 0.241 e. The smallest absolute Gasteiger partial charge is 0.241 e. The lowest BCUT2D eigenvalue weighted by molar-refractivity contribution is 0.174. The minimum atomic E-state index is 0.165. The Bertz CT molecular complexity index is 599. The summed E-state index contributed by atoms with van der Waals surface area (Å²) in [6.07, 6.45) is 8.50. The van der Waals surface area contributed by atoms with Crippen LogP contribution in [0.5, 0.6) is 0 Å². The molecule has 0 aromatic carbocycles. The number of rotatable bonds is 7. The molecule has 2 aromatic rings. The normalized spacial score (nSPS) is 15.9.